The van der Waals surface area contributed by atoms with Gasteiger partial charge in [0.2, 0.25) is 0 Å². The maximum atomic E-state index is 14.0. The monoisotopic (exact) mass is 385 g/mol. The van der Waals surface area contributed by atoms with Gasteiger partial charge in [0.25, 0.3) is 0 Å². The average molecular weight is 386 g/mol. The van der Waals surface area contributed by atoms with E-state index in [0.717, 1.165) is 5.56 Å². The highest BCUT2D eigenvalue weighted by Gasteiger charge is 2.40. The van der Waals surface area contributed by atoms with E-state index in [1.807, 2.05) is 11.8 Å². The number of aliphatic imine (C=N–C) groups is 1. The molecule has 1 aliphatic heterocycles. The number of hydrogen-bond donors (Lipinski definition) is 1. The Bertz CT molecular complexity index is 763. The van der Waals surface area contributed by atoms with E-state index in [1.165, 1.54) is 6.07 Å². The average Bonchev–Trinajstić information content (AvgIpc) is 2.56. The van der Waals surface area contributed by atoms with Crippen molar-refractivity contribution >= 4 is 15.8 Å². The lowest BCUT2D eigenvalue weighted by molar-refractivity contribution is 0.321. The highest BCUT2D eigenvalue weighted by molar-refractivity contribution is 7.92. The highest BCUT2D eigenvalue weighted by atomic mass is 32.2. The molecule has 0 saturated carbocycles. The second-order valence-corrected chi connectivity index (χ2v) is 9.61. The molecule has 0 bridgehead atoms. The maximum Gasteiger partial charge on any atom is 0.194 e. The van der Waals surface area contributed by atoms with Gasteiger partial charge in [-0.25, -0.2) is 17.8 Å². The van der Waals surface area contributed by atoms with Crippen molar-refractivity contribution in [3.05, 3.63) is 29.6 Å². The molecule has 0 amide bonds. The fraction of sp³-hybridized carbons (Fsp3) is 0.611. The van der Waals surface area contributed by atoms with Crippen LogP contribution in [0.2, 0.25) is 0 Å². The second-order valence-electron chi connectivity index (χ2n) is 6.87. The van der Waals surface area contributed by atoms with Gasteiger partial charge in [-0.15, -0.1) is 0 Å². The molecule has 1 aromatic carbocycles. The number of nitrogens with one attached hydrogen (secondary N) is 1. The van der Waals surface area contributed by atoms with Gasteiger partial charge in [-0.2, -0.15) is 0 Å². The molecule has 2 rings (SSSR count). The Morgan fingerprint density at radius 3 is 2.69 bits per heavy atom. The van der Waals surface area contributed by atoms with Crippen molar-refractivity contribution in [1.82, 2.24) is 10.2 Å². The van der Waals surface area contributed by atoms with Gasteiger partial charge in [0.05, 0.1) is 23.7 Å². The fourth-order valence-electron chi connectivity index (χ4n) is 2.83. The van der Waals surface area contributed by atoms with E-state index < -0.39 is 20.4 Å². The third-order valence-electron chi connectivity index (χ3n) is 4.39. The predicted octanol–water partition coefficient (Wildman–Crippen LogP) is 2.20. The summed E-state index contributed by atoms with van der Waals surface area (Å²) in [6, 6.07) is 4.81. The van der Waals surface area contributed by atoms with Crippen molar-refractivity contribution in [2.75, 3.05) is 32.0 Å². The molecule has 6 nitrogen and oxygen atoms in total. The SMILES string of the molecule is CCNC(=NCc1ccc(OCC)c(F)c1)N1CCS(=O)(=O)C(C)(C)C1. The second kappa shape index (κ2) is 8.24. The summed E-state index contributed by atoms with van der Waals surface area (Å²) >= 11 is 0. The van der Waals surface area contributed by atoms with Gasteiger partial charge in [-0.05, 0) is 45.4 Å². The summed E-state index contributed by atoms with van der Waals surface area (Å²) in [5, 5.41) is 3.20. The molecule has 0 spiro atoms. The Labute approximate surface area is 155 Å². The van der Waals surface area contributed by atoms with Crippen LogP contribution in [0.25, 0.3) is 0 Å². The quantitative estimate of drug-likeness (QED) is 0.622. The number of ether oxygens (including phenoxy) is 1. The van der Waals surface area contributed by atoms with Gasteiger partial charge in [0, 0.05) is 19.6 Å². The summed E-state index contributed by atoms with van der Waals surface area (Å²) in [7, 11) is -3.11. The summed E-state index contributed by atoms with van der Waals surface area (Å²) in [5.41, 5.74) is 0.727. The van der Waals surface area contributed by atoms with Crippen LogP contribution < -0.4 is 10.1 Å². The van der Waals surface area contributed by atoms with Crippen LogP contribution in [0.3, 0.4) is 0 Å². The number of benzene rings is 1. The van der Waals surface area contributed by atoms with Crippen LogP contribution in [0.15, 0.2) is 23.2 Å². The van der Waals surface area contributed by atoms with Gasteiger partial charge >= 0.3 is 0 Å². The number of guanidine groups is 1. The molecule has 1 fully saturated rings. The van der Waals surface area contributed by atoms with Gasteiger partial charge in [-0.3, -0.25) is 0 Å². The number of hydrogen-bond acceptors (Lipinski definition) is 4. The molecular weight excluding hydrogens is 357 g/mol. The molecule has 0 aliphatic carbocycles. The lowest BCUT2D eigenvalue weighted by atomic mass is 10.2. The molecule has 0 aromatic heterocycles. The Balaban J connectivity index is 2.16. The smallest absolute Gasteiger partial charge is 0.194 e. The zero-order valence-electron chi connectivity index (χ0n) is 15.9. The van der Waals surface area contributed by atoms with E-state index in [9.17, 15) is 12.8 Å². The molecule has 146 valence electrons. The van der Waals surface area contributed by atoms with Gasteiger partial charge < -0.3 is 15.0 Å². The minimum Gasteiger partial charge on any atom is -0.491 e. The minimum absolute atomic E-state index is 0.0993. The summed E-state index contributed by atoms with van der Waals surface area (Å²) in [6.07, 6.45) is 0. The van der Waals surface area contributed by atoms with E-state index in [-0.39, 0.29) is 11.5 Å². The van der Waals surface area contributed by atoms with Gasteiger partial charge in [0.1, 0.15) is 0 Å². The first-order chi connectivity index (χ1) is 12.2. The van der Waals surface area contributed by atoms with E-state index >= 15 is 0 Å². The van der Waals surface area contributed by atoms with Crippen molar-refractivity contribution < 1.29 is 17.5 Å². The van der Waals surface area contributed by atoms with Crippen LogP contribution in [-0.2, 0) is 16.4 Å². The molecule has 0 atom stereocenters. The summed E-state index contributed by atoms with van der Waals surface area (Å²) in [6.45, 7) is 9.38. The molecule has 1 aromatic rings. The van der Waals surface area contributed by atoms with Crippen molar-refractivity contribution in [2.45, 2.75) is 39.0 Å². The summed E-state index contributed by atoms with van der Waals surface area (Å²) < 4.78 is 42.7. The minimum atomic E-state index is -3.11. The largest absolute Gasteiger partial charge is 0.491 e. The van der Waals surface area contributed by atoms with Crippen LogP contribution in [-0.4, -0.2) is 56.0 Å². The first-order valence-electron chi connectivity index (χ1n) is 8.87. The van der Waals surface area contributed by atoms with Gasteiger partial charge in [-0.1, -0.05) is 6.07 Å². The van der Waals surface area contributed by atoms with E-state index in [1.54, 1.807) is 32.9 Å². The Kier molecular flexibility index (Phi) is 6.49. The molecule has 1 heterocycles. The zero-order chi connectivity index (χ0) is 19.4. The van der Waals surface area contributed by atoms with Crippen LogP contribution in [0.1, 0.15) is 33.3 Å². The molecule has 8 heteroatoms. The maximum absolute atomic E-state index is 14.0. The third-order valence-corrected chi connectivity index (χ3v) is 6.92. The Morgan fingerprint density at radius 1 is 1.38 bits per heavy atom. The zero-order valence-corrected chi connectivity index (χ0v) is 16.7. The van der Waals surface area contributed by atoms with Crippen molar-refractivity contribution in [3.63, 3.8) is 0 Å². The van der Waals surface area contributed by atoms with E-state index in [2.05, 4.69) is 10.3 Å². The third kappa shape index (κ3) is 4.66. The molecule has 1 saturated heterocycles. The topological polar surface area (TPSA) is 71.0 Å². The standard InChI is InChI=1S/C18H28FN3O3S/c1-5-20-17(22-9-10-26(23,24)18(3,4)13-22)21-12-14-7-8-16(25-6-2)15(19)11-14/h7-8,11H,5-6,9-10,12-13H2,1-4H3,(H,20,21). The molecule has 0 unspecified atom stereocenters. The fourth-order valence-corrected chi connectivity index (χ4v) is 4.20. The Morgan fingerprint density at radius 2 is 2.12 bits per heavy atom. The predicted molar refractivity (Wildman–Crippen MR) is 102 cm³/mol. The van der Waals surface area contributed by atoms with Crippen molar-refractivity contribution in [2.24, 2.45) is 4.99 Å². The summed E-state index contributed by atoms with van der Waals surface area (Å²) in [4.78, 5) is 6.52. The van der Waals surface area contributed by atoms with E-state index in [4.69, 9.17) is 4.74 Å². The van der Waals surface area contributed by atoms with Crippen LogP contribution in [0.5, 0.6) is 5.75 Å². The molecular formula is C18H28FN3O3S. The number of halogens is 1. The first-order valence-corrected chi connectivity index (χ1v) is 10.5. The highest BCUT2D eigenvalue weighted by Crippen LogP contribution is 2.24. The number of sulfone groups is 1. The molecule has 1 aliphatic rings. The lowest BCUT2D eigenvalue weighted by Gasteiger charge is -2.39. The van der Waals surface area contributed by atoms with Gasteiger partial charge in [0.15, 0.2) is 27.4 Å². The van der Waals surface area contributed by atoms with E-state index in [0.29, 0.717) is 38.7 Å². The van der Waals surface area contributed by atoms with Crippen LogP contribution >= 0.6 is 0 Å². The molecule has 1 N–H and O–H groups in total. The lowest BCUT2D eigenvalue weighted by Crippen LogP contribution is -2.57. The number of rotatable bonds is 5. The van der Waals surface area contributed by atoms with Crippen LogP contribution in [0, 0.1) is 5.82 Å². The summed E-state index contributed by atoms with van der Waals surface area (Å²) in [5.74, 6) is 0.567. The normalized spacial score (nSPS) is 19.3. The van der Waals surface area contributed by atoms with Crippen LogP contribution in [0.4, 0.5) is 4.39 Å². The first kappa shape index (κ1) is 20.5. The molecule has 26 heavy (non-hydrogen) atoms. The Hall–Kier alpha value is -1.83. The van der Waals surface area contributed by atoms with Crippen molar-refractivity contribution in [1.29, 1.82) is 0 Å². The molecule has 0 radical (unpaired) electrons. The van der Waals surface area contributed by atoms with Crippen molar-refractivity contribution in [3.8, 4) is 5.75 Å². The number of nitrogens with zero attached hydrogens (tertiary/aromatic N) is 2.